The van der Waals surface area contributed by atoms with Gasteiger partial charge in [-0.05, 0) is 50.1 Å². The van der Waals surface area contributed by atoms with E-state index in [1.165, 1.54) is 19.1 Å². The van der Waals surface area contributed by atoms with Crippen molar-refractivity contribution in [3.05, 3.63) is 70.3 Å². The van der Waals surface area contributed by atoms with Crippen LogP contribution in [0.4, 0.5) is 22.0 Å². The third-order valence-corrected chi connectivity index (χ3v) is 2.97. The van der Waals surface area contributed by atoms with E-state index >= 15 is 0 Å². The molecule has 0 radical (unpaired) electrons. The van der Waals surface area contributed by atoms with Crippen LogP contribution in [0, 0.1) is 32.4 Å². The molecule has 128 valence electrons. The van der Waals surface area contributed by atoms with E-state index in [0.29, 0.717) is 5.56 Å². The van der Waals surface area contributed by atoms with Crippen LogP contribution in [0.5, 0.6) is 0 Å². The van der Waals surface area contributed by atoms with E-state index in [9.17, 15) is 22.0 Å². The molecule has 5 heteroatoms. The summed E-state index contributed by atoms with van der Waals surface area (Å²) >= 11 is 0. The minimum atomic E-state index is -4.60. The Morgan fingerprint density at radius 2 is 1.35 bits per heavy atom. The molecule has 0 amide bonds. The molecule has 0 aliphatic carbocycles. The summed E-state index contributed by atoms with van der Waals surface area (Å²) in [7, 11) is 0. The zero-order valence-electron chi connectivity index (χ0n) is 13.9. The lowest BCUT2D eigenvalue weighted by Gasteiger charge is -2.07. The number of hydrogen-bond acceptors (Lipinski definition) is 0. The van der Waals surface area contributed by atoms with E-state index in [0.717, 1.165) is 23.3 Å². The van der Waals surface area contributed by atoms with Crippen LogP contribution < -0.4 is 0 Å². The highest BCUT2D eigenvalue weighted by Gasteiger charge is 2.33. The van der Waals surface area contributed by atoms with Gasteiger partial charge < -0.3 is 0 Å². The first-order valence-electron chi connectivity index (χ1n) is 7.18. The average Bonchev–Trinajstić information content (AvgIpc) is 2.49. The first kappa shape index (κ1) is 21.1. The summed E-state index contributed by atoms with van der Waals surface area (Å²) in [4.78, 5) is 0. The van der Waals surface area contributed by atoms with Gasteiger partial charge in [-0.3, -0.25) is 0 Å². The molecule has 2 aromatic carbocycles. The van der Waals surface area contributed by atoms with Crippen LogP contribution >= 0.6 is 0 Å². The molecule has 2 aromatic rings. The number of aryl methyl sites for hydroxylation is 2. The molecule has 0 nitrogen and oxygen atoms in total. The lowest BCUT2D eigenvalue weighted by molar-refractivity contribution is -0.140. The number of hydrogen-bond donors (Lipinski definition) is 0. The predicted molar refractivity (Wildman–Crippen MR) is 83.4 cm³/mol. The van der Waals surface area contributed by atoms with E-state index in [1.807, 2.05) is 26.8 Å². The minimum Gasteiger partial charge on any atom is -0.207 e. The summed E-state index contributed by atoms with van der Waals surface area (Å²) in [6.45, 7) is 9.16. The zero-order chi connectivity index (χ0) is 18.2. The van der Waals surface area contributed by atoms with Gasteiger partial charge in [0, 0.05) is 0 Å². The number of halogens is 5. The summed E-state index contributed by atoms with van der Waals surface area (Å²) in [6, 6.07) is 8.00. The molecule has 0 bridgehead atoms. The fourth-order valence-corrected chi connectivity index (χ4v) is 1.57. The zero-order valence-corrected chi connectivity index (χ0v) is 13.9. The molecule has 0 unspecified atom stereocenters. The smallest absolute Gasteiger partial charge is 0.207 e. The maximum atomic E-state index is 12.6. The molecule has 23 heavy (non-hydrogen) atoms. The summed E-state index contributed by atoms with van der Waals surface area (Å²) in [5, 5.41) is 0. The summed E-state index contributed by atoms with van der Waals surface area (Å²) in [5.74, 6) is -1.34. The fourth-order valence-electron chi connectivity index (χ4n) is 1.57. The van der Waals surface area contributed by atoms with Crippen molar-refractivity contribution in [1.29, 1.82) is 0 Å². The molecule has 0 aliphatic heterocycles. The van der Waals surface area contributed by atoms with E-state index in [-0.39, 0.29) is 5.82 Å². The van der Waals surface area contributed by atoms with Gasteiger partial charge in [-0.25, -0.2) is 8.78 Å². The standard InChI is InChI=1S/C8H6F4.C8H9F.C2H6/c1-5-2-3-7(9)6(4-5)8(10,11)12;1-6-4-3-5-8(9)7(6)2;1-2/h2-4H,1H3;3-5H,1-2H3;1-2H3. The van der Waals surface area contributed by atoms with Gasteiger partial charge in [-0.2, -0.15) is 13.2 Å². The quantitative estimate of drug-likeness (QED) is 0.475. The highest BCUT2D eigenvalue weighted by molar-refractivity contribution is 5.26. The lowest BCUT2D eigenvalue weighted by Crippen LogP contribution is -2.08. The Morgan fingerprint density at radius 1 is 0.783 bits per heavy atom. The normalized spacial score (nSPS) is 10.2. The molecule has 0 atom stereocenters. The van der Waals surface area contributed by atoms with Gasteiger partial charge in [0.15, 0.2) is 0 Å². The maximum absolute atomic E-state index is 12.6. The molecule has 0 saturated carbocycles. The molecule has 0 saturated heterocycles. The topological polar surface area (TPSA) is 0 Å². The number of benzene rings is 2. The fraction of sp³-hybridized carbons (Fsp3) is 0.333. The first-order chi connectivity index (χ1) is 10.6. The van der Waals surface area contributed by atoms with Gasteiger partial charge in [0.05, 0.1) is 5.56 Å². The molecule has 0 N–H and O–H groups in total. The van der Waals surface area contributed by atoms with Crippen molar-refractivity contribution in [3.8, 4) is 0 Å². The van der Waals surface area contributed by atoms with Crippen molar-refractivity contribution in [2.75, 3.05) is 0 Å². The van der Waals surface area contributed by atoms with Crippen molar-refractivity contribution >= 4 is 0 Å². The van der Waals surface area contributed by atoms with Crippen molar-refractivity contribution < 1.29 is 22.0 Å². The second kappa shape index (κ2) is 9.28. The molecule has 0 spiro atoms. The van der Waals surface area contributed by atoms with Gasteiger partial charge in [0.1, 0.15) is 11.6 Å². The summed E-state index contributed by atoms with van der Waals surface area (Å²) in [6.07, 6.45) is -4.60. The highest BCUT2D eigenvalue weighted by atomic mass is 19.4. The van der Waals surface area contributed by atoms with E-state index in [2.05, 4.69) is 0 Å². The number of rotatable bonds is 0. The van der Waals surface area contributed by atoms with Crippen LogP contribution in [-0.2, 0) is 6.18 Å². The van der Waals surface area contributed by atoms with Gasteiger partial charge in [-0.15, -0.1) is 0 Å². The second-order valence-electron chi connectivity index (χ2n) is 4.66. The molecular weight excluding hydrogens is 311 g/mol. The lowest BCUT2D eigenvalue weighted by atomic mass is 10.1. The van der Waals surface area contributed by atoms with Gasteiger partial charge in [0.2, 0.25) is 0 Å². The van der Waals surface area contributed by atoms with Crippen LogP contribution in [0.2, 0.25) is 0 Å². The molecule has 0 fully saturated rings. The Balaban J connectivity index is 0.000000392. The van der Waals surface area contributed by atoms with E-state index in [1.54, 1.807) is 13.0 Å². The Hall–Kier alpha value is -1.91. The largest absolute Gasteiger partial charge is 0.419 e. The van der Waals surface area contributed by atoms with Gasteiger partial charge in [-0.1, -0.05) is 37.6 Å². The summed E-state index contributed by atoms with van der Waals surface area (Å²) < 4.78 is 61.1. The van der Waals surface area contributed by atoms with Crippen LogP contribution in [-0.4, -0.2) is 0 Å². The third kappa shape index (κ3) is 6.80. The maximum Gasteiger partial charge on any atom is 0.419 e. The molecule has 2 rings (SSSR count). The van der Waals surface area contributed by atoms with Crippen LogP contribution in [0.3, 0.4) is 0 Å². The Labute approximate surface area is 134 Å². The average molecular weight is 332 g/mol. The highest BCUT2D eigenvalue weighted by Crippen LogP contribution is 2.31. The Kier molecular flexibility index (Phi) is 8.51. The minimum absolute atomic E-state index is 0.116. The second-order valence-corrected chi connectivity index (χ2v) is 4.66. The molecule has 0 aliphatic rings. The Morgan fingerprint density at radius 3 is 1.74 bits per heavy atom. The van der Waals surface area contributed by atoms with Gasteiger partial charge >= 0.3 is 6.18 Å². The van der Waals surface area contributed by atoms with Crippen molar-refractivity contribution in [2.24, 2.45) is 0 Å². The predicted octanol–water partition coefficient (Wildman–Crippen LogP) is 6.62. The SMILES string of the molecule is CC.Cc1ccc(F)c(C(F)(F)F)c1.Cc1cccc(F)c1C. The molecule has 0 heterocycles. The van der Waals surface area contributed by atoms with E-state index < -0.39 is 17.6 Å². The third-order valence-electron chi connectivity index (χ3n) is 2.97. The first-order valence-corrected chi connectivity index (χ1v) is 7.18. The monoisotopic (exact) mass is 332 g/mol. The summed E-state index contributed by atoms with van der Waals surface area (Å²) in [5.41, 5.74) is 0.943. The van der Waals surface area contributed by atoms with Crippen molar-refractivity contribution in [3.63, 3.8) is 0 Å². The van der Waals surface area contributed by atoms with Crippen LogP contribution in [0.15, 0.2) is 36.4 Å². The molecular formula is C18H21F5. The number of alkyl halides is 3. The van der Waals surface area contributed by atoms with E-state index in [4.69, 9.17) is 0 Å². The Bertz CT molecular complexity index is 595. The van der Waals surface area contributed by atoms with Crippen molar-refractivity contribution in [2.45, 2.75) is 40.8 Å². The molecule has 0 aromatic heterocycles. The van der Waals surface area contributed by atoms with Crippen molar-refractivity contribution in [1.82, 2.24) is 0 Å². The van der Waals surface area contributed by atoms with Crippen LogP contribution in [0.1, 0.15) is 36.1 Å². The van der Waals surface area contributed by atoms with Crippen LogP contribution in [0.25, 0.3) is 0 Å². The van der Waals surface area contributed by atoms with Gasteiger partial charge in [0.25, 0.3) is 0 Å².